The Morgan fingerprint density at radius 1 is 0.931 bits per heavy atom. The van der Waals surface area contributed by atoms with Gasteiger partial charge in [0.2, 0.25) is 0 Å². The quantitative estimate of drug-likeness (QED) is 0.531. The van der Waals surface area contributed by atoms with Gasteiger partial charge in [0.25, 0.3) is 5.91 Å². The van der Waals surface area contributed by atoms with Gasteiger partial charge in [-0.2, -0.15) is 0 Å². The number of methoxy groups -OCH3 is 1. The van der Waals surface area contributed by atoms with Crippen LogP contribution in [-0.2, 0) is 18.0 Å². The van der Waals surface area contributed by atoms with Gasteiger partial charge in [-0.1, -0.05) is 56.3 Å². The van der Waals surface area contributed by atoms with Crippen molar-refractivity contribution in [2.45, 2.75) is 33.0 Å². The van der Waals surface area contributed by atoms with Gasteiger partial charge in [0.1, 0.15) is 5.75 Å². The number of nitrogens with one attached hydrogen (secondary N) is 1. The fourth-order valence-corrected chi connectivity index (χ4v) is 3.04. The lowest BCUT2D eigenvalue weighted by Crippen LogP contribution is -2.12. The summed E-state index contributed by atoms with van der Waals surface area (Å²) in [5.74, 6) is 1.00. The van der Waals surface area contributed by atoms with Crippen LogP contribution in [0.15, 0.2) is 72.8 Å². The number of carbonyl (C=O) groups excluding carboxylic acids is 1. The fraction of sp³-hybridized carbons (Fsp3) is 0.240. The summed E-state index contributed by atoms with van der Waals surface area (Å²) in [6.45, 7) is 5.16. The molecule has 0 aliphatic rings. The minimum atomic E-state index is -0.158. The molecule has 1 amide bonds. The molecule has 0 bridgehead atoms. The first kappa shape index (κ1) is 20.6. The molecule has 0 fully saturated rings. The largest absolute Gasteiger partial charge is 0.496 e. The normalized spacial score (nSPS) is 10.8. The zero-order valence-corrected chi connectivity index (χ0v) is 17.1. The molecule has 0 heterocycles. The molecule has 0 aromatic heterocycles. The maximum absolute atomic E-state index is 12.7. The predicted molar refractivity (Wildman–Crippen MR) is 116 cm³/mol. The van der Waals surface area contributed by atoms with Gasteiger partial charge in [-0.3, -0.25) is 4.79 Å². The first-order valence-electron chi connectivity index (χ1n) is 9.76. The Hall–Kier alpha value is -3.11. The molecule has 0 aliphatic carbocycles. The summed E-state index contributed by atoms with van der Waals surface area (Å²) in [4.78, 5) is 12.7. The molecule has 0 atom stereocenters. The Morgan fingerprint density at radius 2 is 1.66 bits per heavy atom. The van der Waals surface area contributed by atoms with Crippen LogP contribution in [0.2, 0.25) is 0 Å². The van der Waals surface area contributed by atoms with E-state index in [2.05, 4.69) is 19.2 Å². The molecule has 150 valence electrons. The van der Waals surface area contributed by atoms with Crippen LogP contribution < -0.4 is 10.1 Å². The van der Waals surface area contributed by atoms with Crippen LogP contribution in [-0.4, -0.2) is 13.0 Å². The fourth-order valence-electron chi connectivity index (χ4n) is 3.04. The zero-order chi connectivity index (χ0) is 20.6. The third kappa shape index (κ3) is 5.69. The average molecular weight is 389 g/mol. The van der Waals surface area contributed by atoms with E-state index in [-0.39, 0.29) is 5.91 Å². The monoisotopic (exact) mass is 389 g/mol. The predicted octanol–water partition coefficient (Wildman–Crippen LogP) is 5.79. The van der Waals surface area contributed by atoms with Crippen LogP contribution in [0.4, 0.5) is 5.69 Å². The molecule has 0 saturated carbocycles. The topological polar surface area (TPSA) is 47.6 Å². The van der Waals surface area contributed by atoms with E-state index in [1.54, 1.807) is 19.2 Å². The van der Waals surface area contributed by atoms with Crippen molar-refractivity contribution >= 4 is 11.6 Å². The molecule has 3 aromatic rings. The van der Waals surface area contributed by atoms with Crippen molar-refractivity contribution in [1.82, 2.24) is 0 Å². The average Bonchev–Trinajstić information content (AvgIpc) is 2.74. The van der Waals surface area contributed by atoms with Crippen LogP contribution in [0, 0.1) is 0 Å². The molecular formula is C25H27NO3. The second-order valence-corrected chi connectivity index (χ2v) is 7.24. The van der Waals surface area contributed by atoms with Crippen molar-refractivity contribution in [2.75, 3.05) is 12.4 Å². The Kier molecular flexibility index (Phi) is 7.04. The van der Waals surface area contributed by atoms with Crippen molar-refractivity contribution in [3.63, 3.8) is 0 Å². The summed E-state index contributed by atoms with van der Waals surface area (Å²) in [5, 5.41) is 2.95. The van der Waals surface area contributed by atoms with E-state index in [0.717, 1.165) is 16.8 Å². The number of rotatable bonds is 8. The number of hydrogen-bond acceptors (Lipinski definition) is 3. The number of anilines is 1. The van der Waals surface area contributed by atoms with Gasteiger partial charge >= 0.3 is 0 Å². The summed E-state index contributed by atoms with van der Waals surface area (Å²) in [5.41, 5.74) is 4.52. The molecular weight excluding hydrogens is 362 g/mol. The number of carbonyl (C=O) groups is 1. The molecule has 4 nitrogen and oxygen atoms in total. The summed E-state index contributed by atoms with van der Waals surface area (Å²) >= 11 is 0. The van der Waals surface area contributed by atoms with Crippen LogP contribution >= 0.6 is 0 Å². The second kappa shape index (κ2) is 9.89. The number of ether oxygens (including phenoxy) is 2. The van der Waals surface area contributed by atoms with Crippen molar-refractivity contribution in [3.05, 3.63) is 95.1 Å². The Labute approximate surface area is 172 Å². The molecule has 0 unspecified atom stereocenters. The minimum Gasteiger partial charge on any atom is -0.496 e. The summed E-state index contributed by atoms with van der Waals surface area (Å²) < 4.78 is 11.3. The standard InChI is InChI=1S/C25H27NO3/c1-18(2)20-9-12-23(13-10-20)26-25(27)21-11-14-24(28-3)22(15-21)17-29-16-19-7-5-4-6-8-19/h4-15,18H,16-17H2,1-3H3,(H,26,27). The van der Waals surface area contributed by atoms with Gasteiger partial charge in [0.15, 0.2) is 0 Å². The van der Waals surface area contributed by atoms with E-state index in [1.807, 2.05) is 60.7 Å². The van der Waals surface area contributed by atoms with E-state index in [0.29, 0.717) is 30.4 Å². The maximum Gasteiger partial charge on any atom is 0.255 e. The first-order chi connectivity index (χ1) is 14.1. The highest BCUT2D eigenvalue weighted by Gasteiger charge is 2.11. The highest BCUT2D eigenvalue weighted by atomic mass is 16.5. The summed E-state index contributed by atoms with van der Waals surface area (Å²) in [6.07, 6.45) is 0. The molecule has 0 aliphatic heterocycles. The van der Waals surface area contributed by atoms with Crippen molar-refractivity contribution in [3.8, 4) is 5.75 Å². The van der Waals surface area contributed by atoms with E-state index in [1.165, 1.54) is 5.56 Å². The van der Waals surface area contributed by atoms with Crippen LogP contribution in [0.5, 0.6) is 5.75 Å². The van der Waals surface area contributed by atoms with Crippen LogP contribution in [0.25, 0.3) is 0 Å². The van der Waals surface area contributed by atoms with E-state index >= 15 is 0 Å². The summed E-state index contributed by atoms with van der Waals surface area (Å²) in [6, 6.07) is 23.3. The molecule has 1 N–H and O–H groups in total. The minimum absolute atomic E-state index is 0.158. The van der Waals surface area contributed by atoms with Crippen molar-refractivity contribution < 1.29 is 14.3 Å². The van der Waals surface area contributed by atoms with Gasteiger partial charge in [-0.25, -0.2) is 0 Å². The number of hydrogen-bond donors (Lipinski definition) is 1. The lowest BCUT2D eigenvalue weighted by Gasteiger charge is -2.12. The highest BCUT2D eigenvalue weighted by Crippen LogP contribution is 2.23. The molecule has 0 spiro atoms. The van der Waals surface area contributed by atoms with Crippen molar-refractivity contribution in [2.24, 2.45) is 0 Å². The molecule has 4 heteroatoms. The van der Waals surface area contributed by atoms with Gasteiger partial charge in [0.05, 0.1) is 20.3 Å². The van der Waals surface area contributed by atoms with E-state index < -0.39 is 0 Å². The number of amides is 1. The van der Waals surface area contributed by atoms with Gasteiger partial charge < -0.3 is 14.8 Å². The molecule has 0 radical (unpaired) electrons. The van der Waals surface area contributed by atoms with E-state index in [4.69, 9.17) is 9.47 Å². The van der Waals surface area contributed by atoms with Gasteiger partial charge in [-0.15, -0.1) is 0 Å². The SMILES string of the molecule is COc1ccc(C(=O)Nc2ccc(C(C)C)cc2)cc1COCc1ccccc1. The smallest absolute Gasteiger partial charge is 0.255 e. The van der Waals surface area contributed by atoms with Crippen LogP contribution in [0.3, 0.4) is 0 Å². The first-order valence-corrected chi connectivity index (χ1v) is 9.76. The molecule has 0 saturated heterocycles. The molecule has 3 aromatic carbocycles. The maximum atomic E-state index is 12.7. The Morgan fingerprint density at radius 3 is 2.31 bits per heavy atom. The Bertz CT molecular complexity index is 934. The second-order valence-electron chi connectivity index (χ2n) is 7.24. The van der Waals surface area contributed by atoms with Gasteiger partial charge in [0, 0.05) is 16.8 Å². The van der Waals surface area contributed by atoms with E-state index in [9.17, 15) is 4.79 Å². The molecule has 3 rings (SSSR count). The van der Waals surface area contributed by atoms with Gasteiger partial charge in [-0.05, 0) is 47.4 Å². The molecule has 29 heavy (non-hydrogen) atoms. The highest BCUT2D eigenvalue weighted by molar-refractivity contribution is 6.04. The Balaban J connectivity index is 1.67. The van der Waals surface area contributed by atoms with Crippen molar-refractivity contribution in [1.29, 1.82) is 0 Å². The lowest BCUT2D eigenvalue weighted by atomic mass is 10.0. The third-order valence-electron chi connectivity index (χ3n) is 4.75. The summed E-state index contributed by atoms with van der Waals surface area (Å²) in [7, 11) is 1.62. The number of benzene rings is 3. The zero-order valence-electron chi connectivity index (χ0n) is 17.1. The lowest BCUT2D eigenvalue weighted by molar-refractivity contribution is 0.102. The third-order valence-corrected chi connectivity index (χ3v) is 4.75. The van der Waals surface area contributed by atoms with Crippen LogP contribution in [0.1, 0.15) is 46.8 Å².